The van der Waals surface area contributed by atoms with Crippen LogP contribution in [-0.2, 0) is 0 Å². The minimum atomic E-state index is 0.229. The summed E-state index contributed by atoms with van der Waals surface area (Å²) in [6.07, 6.45) is 14.6. The van der Waals surface area contributed by atoms with Crippen molar-refractivity contribution >= 4 is 6.21 Å². The first-order chi connectivity index (χ1) is 9.29. The first kappa shape index (κ1) is 16.4. The highest BCUT2D eigenvalue weighted by Gasteiger charge is 2.35. The summed E-state index contributed by atoms with van der Waals surface area (Å²) in [4.78, 5) is 4.58. The van der Waals surface area contributed by atoms with Crippen LogP contribution in [0.15, 0.2) is 17.1 Å². The highest BCUT2D eigenvalue weighted by Crippen LogP contribution is 2.20. The van der Waals surface area contributed by atoms with Gasteiger partial charge in [0.1, 0.15) is 13.1 Å². The molecule has 2 unspecified atom stereocenters. The molecular weight excluding hydrogens is 236 g/mol. The smallest absolute Gasteiger partial charge is 0.202 e. The summed E-state index contributed by atoms with van der Waals surface area (Å²) in [6, 6.07) is 0. The summed E-state index contributed by atoms with van der Waals surface area (Å²) in [5.74, 6) is 0. The van der Waals surface area contributed by atoms with Gasteiger partial charge in [-0.25, -0.2) is 4.99 Å². The van der Waals surface area contributed by atoms with E-state index in [1.807, 2.05) is 6.21 Å². The van der Waals surface area contributed by atoms with Gasteiger partial charge in [-0.1, -0.05) is 38.7 Å². The number of rotatable bonds is 10. The summed E-state index contributed by atoms with van der Waals surface area (Å²) in [5, 5.41) is 9.24. The Kier molecular flexibility index (Phi) is 7.99. The van der Waals surface area contributed by atoms with E-state index in [9.17, 15) is 5.11 Å². The van der Waals surface area contributed by atoms with Gasteiger partial charge in [0, 0.05) is 0 Å². The molecule has 3 heteroatoms. The molecule has 0 aromatic rings. The third-order valence-electron chi connectivity index (χ3n) is 4.22. The zero-order valence-electron chi connectivity index (χ0n) is 12.7. The predicted octanol–water partition coefficient (Wildman–Crippen LogP) is 3.14. The molecule has 19 heavy (non-hydrogen) atoms. The molecule has 2 atom stereocenters. The van der Waals surface area contributed by atoms with E-state index >= 15 is 0 Å². The van der Waals surface area contributed by atoms with Gasteiger partial charge in [-0.15, -0.1) is 0 Å². The molecule has 110 valence electrons. The minimum Gasteiger partial charge on any atom is -0.391 e. The molecule has 0 spiro atoms. The predicted molar refractivity (Wildman–Crippen MR) is 82.4 cm³/mol. The lowest BCUT2D eigenvalue weighted by molar-refractivity contribution is -0.929. The topological polar surface area (TPSA) is 32.6 Å². The standard InChI is InChI=1S/C16H31N2O/c1-3-5-6-7-8-9-10-11-16-17-12-13-18(16,4-2)14-15-19/h10-12,16,19H,3-9,13-15H2,1-2H3/q+1/b11-10+. The van der Waals surface area contributed by atoms with Crippen LogP contribution in [0.25, 0.3) is 0 Å². The van der Waals surface area contributed by atoms with Gasteiger partial charge in [-0.3, -0.25) is 4.48 Å². The maximum Gasteiger partial charge on any atom is 0.202 e. The van der Waals surface area contributed by atoms with E-state index in [0.717, 1.165) is 24.1 Å². The molecule has 0 radical (unpaired) electrons. The number of nitrogens with zero attached hydrogens (tertiary/aromatic N) is 2. The third-order valence-corrected chi connectivity index (χ3v) is 4.22. The molecule has 0 aliphatic carbocycles. The molecule has 1 rings (SSSR count). The largest absolute Gasteiger partial charge is 0.391 e. The summed E-state index contributed by atoms with van der Waals surface area (Å²) in [5.41, 5.74) is 0. The van der Waals surface area contributed by atoms with E-state index in [1.54, 1.807) is 0 Å². The van der Waals surface area contributed by atoms with Gasteiger partial charge >= 0.3 is 0 Å². The quantitative estimate of drug-likeness (QED) is 0.368. The number of allylic oxidation sites excluding steroid dienone is 1. The van der Waals surface area contributed by atoms with Crippen LogP contribution < -0.4 is 0 Å². The van der Waals surface area contributed by atoms with Gasteiger partial charge in [0.15, 0.2) is 0 Å². The second-order valence-electron chi connectivity index (χ2n) is 5.54. The number of aliphatic hydroxyl groups is 1. The molecule has 1 aliphatic rings. The van der Waals surface area contributed by atoms with Gasteiger partial charge in [0.25, 0.3) is 0 Å². The van der Waals surface area contributed by atoms with Crippen molar-refractivity contribution in [3.05, 3.63) is 12.2 Å². The highest BCUT2D eigenvalue weighted by molar-refractivity contribution is 5.60. The average Bonchev–Trinajstić information content (AvgIpc) is 2.82. The van der Waals surface area contributed by atoms with Crippen LogP contribution in [0.5, 0.6) is 0 Å². The maximum absolute atomic E-state index is 9.24. The summed E-state index contributed by atoms with van der Waals surface area (Å²) >= 11 is 0. The van der Waals surface area contributed by atoms with Crippen molar-refractivity contribution in [3.8, 4) is 0 Å². The van der Waals surface area contributed by atoms with E-state index < -0.39 is 0 Å². The van der Waals surface area contributed by atoms with Gasteiger partial charge in [-0.2, -0.15) is 0 Å². The number of aliphatic hydroxyl groups excluding tert-OH is 1. The van der Waals surface area contributed by atoms with E-state index in [4.69, 9.17) is 0 Å². The van der Waals surface area contributed by atoms with Crippen molar-refractivity contribution in [3.63, 3.8) is 0 Å². The Bertz CT molecular complexity index is 288. The molecule has 0 bridgehead atoms. The average molecular weight is 267 g/mol. The fourth-order valence-corrected chi connectivity index (χ4v) is 2.78. The number of hydrogen-bond donors (Lipinski definition) is 1. The number of unbranched alkanes of at least 4 members (excludes halogenated alkanes) is 5. The molecule has 0 aromatic carbocycles. The van der Waals surface area contributed by atoms with Crippen LogP contribution in [0.3, 0.4) is 0 Å². The van der Waals surface area contributed by atoms with Crippen molar-refractivity contribution in [2.45, 2.75) is 58.5 Å². The Morgan fingerprint density at radius 1 is 1.26 bits per heavy atom. The molecule has 3 nitrogen and oxygen atoms in total. The molecular formula is C16H31N2O+. The fraction of sp³-hybridized carbons (Fsp3) is 0.812. The molecule has 1 heterocycles. The monoisotopic (exact) mass is 267 g/mol. The molecule has 0 saturated heterocycles. The zero-order chi connectivity index (χ0) is 14.0. The van der Waals surface area contributed by atoms with E-state index in [-0.39, 0.29) is 12.8 Å². The van der Waals surface area contributed by atoms with Gasteiger partial charge in [0.2, 0.25) is 6.17 Å². The van der Waals surface area contributed by atoms with Crippen molar-refractivity contribution in [2.75, 3.05) is 26.2 Å². The number of hydrogen-bond acceptors (Lipinski definition) is 2. The first-order valence-electron chi connectivity index (χ1n) is 7.94. The van der Waals surface area contributed by atoms with Crippen molar-refractivity contribution in [2.24, 2.45) is 4.99 Å². The third kappa shape index (κ3) is 5.07. The number of aliphatic imine (C=N–C) groups is 1. The number of likely N-dealkylation sites (N-methyl/N-ethyl adjacent to an activating group) is 1. The van der Waals surface area contributed by atoms with Crippen molar-refractivity contribution in [1.82, 2.24) is 0 Å². The van der Waals surface area contributed by atoms with Crippen molar-refractivity contribution < 1.29 is 9.59 Å². The molecule has 1 aliphatic heterocycles. The second kappa shape index (κ2) is 9.27. The number of quaternary nitrogens is 1. The van der Waals surface area contributed by atoms with Gasteiger partial charge in [0.05, 0.1) is 19.4 Å². The summed E-state index contributed by atoms with van der Waals surface area (Å²) < 4.78 is 0.892. The lowest BCUT2D eigenvalue weighted by Crippen LogP contribution is -2.53. The van der Waals surface area contributed by atoms with Gasteiger partial charge < -0.3 is 5.11 Å². The Morgan fingerprint density at radius 3 is 2.74 bits per heavy atom. The van der Waals surface area contributed by atoms with E-state index in [2.05, 4.69) is 31.0 Å². The summed E-state index contributed by atoms with van der Waals surface area (Å²) in [6.45, 7) is 7.49. The lowest BCUT2D eigenvalue weighted by Gasteiger charge is -2.36. The normalized spacial score (nSPS) is 26.6. The van der Waals surface area contributed by atoms with Crippen LogP contribution in [0.4, 0.5) is 0 Å². The maximum atomic E-state index is 9.24. The molecule has 0 saturated carbocycles. The SMILES string of the molecule is CCCCCCC/C=C/C1N=CC[N+]1(CC)CCO. The van der Waals surface area contributed by atoms with Crippen LogP contribution in [0, 0.1) is 0 Å². The van der Waals surface area contributed by atoms with Gasteiger partial charge in [-0.05, 0) is 25.8 Å². The minimum absolute atomic E-state index is 0.229. The fourth-order valence-electron chi connectivity index (χ4n) is 2.78. The van der Waals surface area contributed by atoms with Crippen molar-refractivity contribution in [1.29, 1.82) is 0 Å². The molecule has 1 N–H and O–H groups in total. The Balaban J connectivity index is 2.31. The van der Waals surface area contributed by atoms with E-state index in [1.165, 1.54) is 38.5 Å². The molecule has 0 fully saturated rings. The Labute approximate surface area is 118 Å². The highest BCUT2D eigenvalue weighted by atomic mass is 16.3. The first-order valence-corrected chi connectivity index (χ1v) is 7.94. The van der Waals surface area contributed by atoms with Crippen LogP contribution >= 0.6 is 0 Å². The van der Waals surface area contributed by atoms with Crippen LogP contribution in [0.1, 0.15) is 52.4 Å². The molecule has 0 aromatic heterocycles. The Morgan fingerprint density at radius 2 is 2.05 bits per heavy atom. The second-order valence-corrected chi connectivity index (χ2v) is 5.54. The van der Waals surface area contributed by atoms with Crippen LogP contribution in [0.2, 0.25) is 0 Å². The Hall–Kier alpha value is -0.670. The molecule has 0 amide bonds. The lowest BCUT2D eigenvalue weighted by atomic mass is 10.1. The summed E-state index contributed by atoms with van der Waals surface area (Å²) in [7, 11) is 0. The van der Waals surface area contributed by atoms with Crippen LogP contribution in [-0.4, -0.2) is 48.2 Å². The zero-order valence-corrected chi connectivity index (χ0v) is 12.7. The van der Waals surface area contributed by atoms with E-state index in [0.29, 0.717) is 0 Å².